The molecule has 0 fully saturated rings. The van der Waals surface area contributed by atoms with Gasteiger partial charge in [0.1, 0.15) is 4.34 Å². The molecule has 1 heterocycles. The molecule has 1 atom stereocenters. The molecule has 0 bridgehead atoms. The maximum Gasteiger partial charge on any atom is 0.150 e. The van der Waals surface area contributed by atoms with Crippen molar-refractivity contribution >= 4 is 23.1 Å². The summed E-state index contributed by atoms with van der Waals surface area (Å²) in [4.78, 5) is 4.22. The number of nitrogens with zero attached hydrogens (tertiary/aromatic N) is 1. The van der Waals surface area contributed by atoms with Crippen molar-refractivity contribution in [2.75, 3.05) is 13.1 Å². The third-order valence-electron chi connectivity index (χ3n) is 1.39. The molecule has 2 nitrogen and oxygen atoms in total. The minimum absolute atomic E-state index is 0.607. The van der Waals surface area contributed by atoms with E-state index < -0.39 is 0 Å². The third kappa shape index (κ3) is 3.56. The average molecular weight is 202 g/mol. The molecule has 12 heavy (non-hydrogen) atoms. The van der Waals surface area contributed by atoms with Crippen LogP contribution in [-0.2, 0) is 0 Å². The molecule has 0 aromatic carbocycles. The highest BCUT2D eigenvalue weighted by atomic mass is 32.2. The van der Waals surface area contributed by atoms with E-state index in [1.165, 1.54) is 4.34 Å². The van der Waals surface area contributed by atoms with E-state index in [1.807, 2.05) is 23.3 Å². The van der Waals surface area contributed by atoms with E-state index in [9.17, 15) is 0 Å². The van der Waals surface area contributed by atoms with Crippen molar-refractivity contribution in [3.05, 3.63) is 11.6 Å². The van der Waals surface area contributed by atoms with Crippen LogP contribution in [-0.4, -0.2) is 23.3 Å². The Morgan fingerprint density at radius 1 is 1.75 bits per heavy atom. The Kier molecular flexibility index (Phi) is 4.65. The van der Waals surface area contributed by atoms with Crippen LogP contribution in [0, 0.1) is 0 Å². The highest BCUT2D eigenvalue weighted by Crippen LogP contribution is 2.24. The molecule has 1 unspecified atom stereocenters. The molecule has 1 rings (SSSR count). The Bertz CT molecular complexity index is 199. The first-order valence-electron chi connectivity index (χ1n) is 4.09. The van der Waals surface area contributed by atoms with Gasteiger partial charge in [0.05, 0.1) is 0 Å². The van der Waals surface area contributed by atoms with Gasteiger partial charge in [0, 0.05) is 23.4 Å². The highest BCUT2D eigenvalue weighted by Gasteiger charge is 2.04. The van der Waals surface area contributed by atoms with Gasteiger partial charge in [-0.3, -0.25) is 0 Å². The van der Waals surface area contributed by atoms with Gasteiger partial charge in [-0.1, -0.05) is 25.6 Å². The summed E-state index contributed by atoms with van der Waals surface area (Å²) >= 11 is 3.54. The van der Waals surface area contributed by atoms with Crippen LogP contribution in [0.1, 0.15) is 13.8 Å². The Morgan fingerprint density at radius 2 is 2.58 bits per heavy atom. The first-order chi connectivity index (χ1) is 5.83. The van der Waals surface area contributed by atoms with Crippen LogP contribution in [0.15, 0.2) is 15.9 Å². The summed E-state index contributed by atoms with van der Waals surface area (Å²) in [5, 5.41) is 5.94. The van der Waals surface area contributed by atoms with Gasteiger partial charge in [-0.15, -0.1) is 11.3 Å². The molecule has 0 saturated heterocycles. The standard InChI is InChI=1S/C8H14N2S2/c1-3-9-6-7(2)12-8-10-4-5-11-8/h4-5,7,9H,3,6H2,1-2H3. The van der Waals surface area contributed by atoms with Crippen molar-refractivity contribution in [1.82, 2.24) is 10.3 Å². The molecular weight excluding hydrogens is 188 g/mol. The molecule has 0 saturated carbocycles. The lowest BCUT2D eigenvalue weighted by Gasteiger charge is -2.08. The lowest BCUT2D eigenvalue weighted by atomic mass is 10.5. The van der Waals surface area contributed by atoms with E-state index in [1.54, 1.807) is 11.3 Å². The lowest BCUT2D eigenvalue weighted by molar-refractivity contribution is 0.713. The Balaban J connectivity index is 2.22. The summed E-state index contributed by atoms with van der Waals surface area (Å²) in [5.74, 6) is 0. The molecule has 4 heteroatoms. The van der Waals surface area contributed by atoms with Crippen LogP contribution in [0.2, 0.25) is 0 Å². The van der Waals surface area contributed by atoms with Crippen molar-refractivity contribution < 1.29 is 0 Å². The van der Waals surface area contributed by atoms with E-state index >= 15 is 0 Å². The number of hydrogen-bond acceptors (Lipinski definition) is 4. The summed E-state index contributed by atoms with van der Waals surface area (Å²) in [7, 11) is 0. The molecule has 1 N–H and O–H groups in total. The van der Waals surface area contributed by atoms with Crippen LogP contribution in [0.3, 0.4) is 0 Å². The fourth-order valence-corrected chi connectivity index (χ4v) is 2.74. The number of rotatable bonds is 5. The number of thioether (sulfide) groups is 1. The van der Waals surface area contributed by atoms with Crippen LogP contribution < -0.4 is 5.32 Å². The summed E-state index contributed by atoms with van der Waals surface area (Å²) in [6.07, 6.45) is 1.85. The maximum absolute atomic E-state index is 4.22. The zero-order valence-corrected chi connectivity index (χ0v) is 9.04. The SMILES string of the molecule is CCNCC(C)Sc1nccs1. The number of thiazole rings is 1. The van der Waals surface area contributed by atoms with Gasteiger partial charge in [0.25, 0.3) is 0 Å². The third-order valence-corrected chi connectivity index (χ3v) is 3.41. The van der Waals surface area contributed by atoms with Gasteiger partial charge in [-0.2, -0.15) is 0 Å². The topological polar surface area (TPSA) is 24.9 Å². The van der Waals surface area contributed by atoms with Crippen molar-refractivity contribution in [2.24, 2.45) is 0 Å². The predicted molar refractivity (Wildman–Crippen MR) is 56.0 cm³/mol. The van der Waals surface area contributed by atoms with Crippen LogP contribution in [0.25, 0.3) is 0 Å². The zero-order valence-electron chi connectivity index (χ0n) is 7.41. The maximum atomic E-state index is 4.22. The fourth-order valence-electron chi connectivity index (χ4n) is 0.830. The minimum atomic E-state index is 0.607. The van der Waals surface area contributed by atoms with Gasteiger partial charge in [0.15, 0.2) is 0 Å². The molecule has 0 aliphatic heterocycles. The summed E-state index contributed by atoms with van der Waals surface area (Å²) in [6, 6.07) is 0. The van der Waals surface area contributed by atoms with E-state index in [2.05, 4.69) is 24.1 Å². The Morgan fingerprint density at radius 3 is 3.17 bits per heavy atom. The van der Waals surface area contributed by atoms with Crippen molar-refractivity contribution in [3.63, 3.8) is 0 Å². The largest absolute Gasteiger partial charge is 0.316 e. The molecule has 68 valence electrons. The Hall–Kier alpha value is -0.0600. The summed E-state index contributed by atoms with van der Waals surface area (Å²) in [6.45, 7) is 6.44. The van der Waals surface area contributed by atoms with Gasteiger partial charge < -0.3 is 5.32 Å². The summed E-state index contributed by atoms with van der Waals surface area (Å²) < 4.78 is 1.17. The zero-order chi connectivity index (χ0) is 8.81. The normalized spacial score (nSPS) is 13.2. The molecule has 1 aromatic rings. The predicted octanol–water partition coefficient (Wildman–Crippen LogP) is 2.23. The summed E-state index contributed by atoms with van der Waals surface area (Å²) in [5.41, 5.74) is 0. The van der Waals surface area contributed by atoms with Gasteiger partial charge in [-0.05, 0) is 6.54 Å². The molecule has 0 amide bonds. The number of nitrogens with one attached hydrogen (secondary N) is 1. The molecule has 1 aromatic heterocycles. The molecular formula is C8H14N2S2. The smallest absolute Gasteiger partial charge is 0.150 e. The van der Waals surface area contributed by atoms with Crippen LogP contribution in [0.4, 0.5) is 0 Å². The van der Waals surface area contributed by atoms with Gasteiger partial charge >= 0.3 is 0 Å². The van der Waals surface area contributed by atoms with E-state index in [0.29, 0.717) is 5.25 Å². The second-order valence-corrected chi connectivity index (χ2v) is 5.11. The first kappa shape index (κ1) is 10.0. The first-order valence-corrected chi connectivity index (χ1v) is 5.85. The second-order valence-electron chi connectivity index (χ2n) is 2.53. The molecule has 0 radical (unpaired) electrons. The molecule has 0 aliphatic rings. The molecule has 0 aliphatic carbocycles. The van der Waals surface area contributed by atoms with Gasteiger partial charge in [-0.25, -0.2) is 4.98 Å². The van der Waals surface area contributed by atoms with E-state index in [-0.39, 0.29) is 0 Å². The lowest BCUT2D eigenvalue weighted by Crippen LogP contribution is -2.21. The second kappa shape index (κ2) is 5.56. The minimum Gasteiger partial charge on any atom is -0.316 e. The van der Waals surface area contributed by atoms with E-state index in [4.69, 9.17) is 0 Å². The highest BCUT2D eigenvalue weighted by molar-refractivity contribution is 8.01. The van der Waals surface area contributed by atoms with Gasteiger partial charge in [0.2, 0.25) is 0 Å². The molecule has 0 spiro atoms. The van der Waals surface area contributed by atoms with Crippen LogP contribution in [0.5, 0.6) is 0 Å². The van der Waals surface area contributed by atoms with Crippen molar-refractivity contribution in [3.8, 4) is 0 Å². The monoisotopic (exact) mass is 202 g/mol. The van der Waals surface area contributed by atoms with E-state index in [0.717, 1.165) is 13.1 Å². The number of hydrogen-bond donors (Lipinski definition) is 1. The number of aromatic nitrogens is 1. The fraction of sp³-hybridized carbons (Fsp3) is 0.625. The quantitative estimate of drug-likeness (QED) is 0.741. The Labute approximate surface area is 81.8 Å². The van der Waals surface area contributed by atoms with Crippen LogP contribution >= 0.6 is 23.1 Å². The van der Waals surface area contributed by atoms with Crippen molar-refractivity contribution in [2.45, 2.75) is 23.4 Å². The van der Waals surface area contributed by atoms with Crippen molar-refractivity contribution in [1.29, 1.82) is 0 Å². The average Bonchev–Trinajstić information content (AvgIpc) is 2.53.